The van der Waals surface area contributed by atoms with Gasteiger partial charge < -0.3 is 33.3 Å². The van der Waals surface area contributed by atoms with Crippen molar-refractivity contribution in [3.05, 3.63) is 24.3 Å². The van der Waals surface area contributed by atoms with E-state index >= 15 is 0 Å². The number of allylic oxidation sites excluding steroid dienone is 4. The maximum absolute atomic E-state index is 12.8. The summed E-state index contributed by atoms with van der Waals surface area (Å²) in [4.78, 5) is 37.2. The molecule has 73 heavy (non-hydrogen) atoms. The summed E-state index contributed by atoms with van der Waals surface area (Å²) >= 11 is 0. The number of hydrogen-bond acceptors (Lipinski definition) is 8. The van der Waals surface area contributed by atoms with E-state index in [0.717, 1.165) is 64.2 Å². The summed E-state index contributed by atoms with van der Waals surface area (Å²) in [5.41, 5.74) is 0. The van der Waals surface area contributed by atoms with Crippen LogP contribution in [0.2, 0.25) is 0 Å². The van der Waals surface area contributed by atoms with Gasteiger partial charge >= 0.3 is 11.9 Å². The largest absolute Gasteiger partial charge is 0.545 e. The molecular formula is C64H121NO8. The average molecular weight is 1030 g/mol. The minimum atomic E-state index is -1.62. The van der Waals surface area contributed by atoms with Crippen LogP contribution < -0.4 is 5.11 Å². The number of aliphatic carboxylic acids is 1. The highest BCUT2D eigenvalue weighted by Crippen LogP contribution is 2.18. The van der Waals surface area contributed by atoms with Crippen LogP contribution in [-0.4, -0.2) is 82.3 Å². The van der Waals surface area contributed by atoms with Crippen molar-refractivity contribution >= 4 is 17.9 Å². The monoisotopic (exact) mass is 1030 g/mol. The van der Waals surface area contributed by atoms with Gasteiger partial charge in [0.25, 0.3) is 0 Å². The average Bonchev–Trinajstić information content (AvgIpc) is 3.36. The Kier molecular flexibility index (Phi) is 54.3. The Balaban J connectivity index is 3.97. The zero-order chi connectivity index (χ0) is 53.4. The van der Waals surface area contributed by atoms with Crippen LogP contribution in [0.5, 0.6) is 0 Å². The third-order valence-electron chi connectivity index (χ3n) is 14.2. The predicted molar refractivity (Wildman–Crippen MR) is 306 cm³/mol. The van der Waals surface area contributed by atoms with E-state index < -0.39 is 24.3 Å². The number of esters is 2. The third-order valence-corrected chi connectivity index (χ3v) is 14.2. The lowest BCUT2D eigenvalue weighted by atomic mass is 10.0. The Morgan fingerprint density at radius 1 is 0.411 bits per heavy atom. The van der Waals surface area contributed by atoms with Crippen molar-refractivity contribution < 1.29 is 42.9 Å². The lowest BCUT2D eigenvalue weighted by molar-refractivity contribution is -0.870. The molecule has 0 bridgehead atoms. The molecule has 0 aromatic rings. The van der Waals surface area contributed by atoms with Gasteiger partial charge in [0.05, 0.1) is 40.3 Å². The normalized spacial score (nSPS) is 12.8. The summed E-state index contributed by atoms with van der Waals surface area (Å²) in [6, 6.07) is 0. The number of ether oxygens (including phenoxy) is 4. The number of carboxylic acid groups (broad SMARTS) is 1. The first-order chi connectivity index (χ1) is 35.6. The standard InChI is InChI=1S/C64H121NO8/c1-6-8-10-12-14-16-18-20-22-23-24-25-26-27-28-29-30-31-32-33-34-35-36-37-38-39-40-41-43-44-46-48-50-52-54-61(66)71-58-60(59-72-64(63(68)69)70-57-56-65(3,4)5)73-62(67)55-53-51-49-47-45-42-21-19-17-15-13-11-9-7-2/h13,15,19,21,60,64H,6-12,14,16-18,20,22-59H2,1-5H3/b15-13-,21-19-. The zero-order valence-corrected chi connectivity index (χ0v) is 49.0. The van der Waals surface area contributed by atoms with E-state index in [0.29, 0.717) is 23.9 Å². The number of quaternary nitrogens is 1. The molecule has 0 amide bonds. The van der Waals surface area contributed by atoms with E-state index in [1.165, 1.54) is 212 Å². The van der Waals surface area contributed by atoms with Gasteiger partial charge in [-0.1, -0.05) is 282 Å². The third kappa shape index (κ3) is 57.3. The predicted octanol–water partition coefficient (Wildman–Crippen LogP) is 17.4. The molecule has 9 heteroatoms. The van der Waals surface area contributed by atoms with Gasteiger partial charge in [-0.05, 0) is 38.5 Å². The highest BCUT2D eigenvalue weighted by Gasteiger charge is 2.22. The number of likely N-dealkylation sites (N-methyl/N-ethyl adjacent to an activating group) is 1. The topological polar surface area (TPSA) is 111 Å². The molecule has 0 saturated heterocycles. The van der Waals surface area contributed by atoms with Crippen molar-refractivity contribution in [1.82, 2.24) is 0 Å². The number of hydrogen-bond donors (Lipinski definition) is 0. The van der Waals surface area contributed by atoms with E-state index in [1.807, 2.05) is 21.1 Å². The maximum Gasteiger partial charge on any atom is 0.306 e. The van der Waals surface area contributed by atoms with Crippen LogP contribution in [0.15, 0.2) is 24.3 Å². The first-order valence-electron chi connectivity index (χ1n) is 31.5. The Morgan fingerprint density at radius 2 is 0.753 bits per heavy atom. The number of rotatable bonds is 59. The fourth-order valence-electron chi connectivity index (χ4n) is 9.32. The molecule has 0 heterocycles. The van der Waals surface area contributed by atoms with Crippen molar-refractivity contribution in [2.75, 3.05) is 47.5 Å². The first-order valence-corrected chi connectivity index (χ1v) is 31.5. The molecule has 0 spiro atoms. The number of unbranched alkanes of at least 4 members (excludes halogenated alkanes) is 40. The fraction of sp³-hybridized carbons (Fsp3) is 0.891. The SMILES string of the molecule is CCCC/C=C\C/C=C\CCCCCCCC(=O)OC(COC(=O)CCCCCCCCCCCCCCCCCCCCCCCCCCCCCCCCCCCC)COC(OCC[N+](C)(C)C)C(=O)[O-]. The molecule has 0 saturated carbocycles. The highest BCUT2D eigenvalue weighted by molar-refractivity contribution is 5.70. The molecule has 2 unspecified atom stereocenters. The Hall–Kier alpha value is -2.23. The second-order valence-corrected chi connectivity index (χ2v) is 22.7. The molecule has 9 nitrogen and oxygen atoms in total. The van der Waals surface area contributed by atoms with Crippen LogP contribution in [0.1, 0.15) is 309 Å². The molecule has 0 aliphatic heterocycles. The van der Waals surface area contributed by atoms with E-state index in [1.54, 1.807) is 0 Å². The van der Waals surface area contributed by atoms with Crippen LogP contribution in [0, 0.1) is 0 Å². The summed E-state index contributed by atoms with van der Waals surface area (Å²) in [6.07, 6.45) is 64.1. The van der Waals surface area contributed by atoms with Gasteiger partial charge in [-0.3, -0.25) is 9.59 Å². The summed E-state index contributed by atoms with van der Waals surface area (Å²) in [5.74, 6) is -2.28. The molecule has 0 fully saturated rings. The lowest BCUT2D eigenvalue weighted by Gasteiger charge is -2.26. The van der Waals surface area contributed by atoms with Crippen molar-refractivity contribution in [2.45, 2.75) is 322 Å². The van der Waals surface area contributed by atoms with Crippen LogP contribution in [-0.2, 0) is 33.3 Å². The second kappa shape index (κ2) is 56.0. The Bertz CT molecular complexity index is 1250. The second-order valence-electron chi connectivity index (χ2n) is 22.7. The molecule has 0 aromatic heterocycles. The van der Waals surface area contributed by atoms with Crippen LogP contribution in [0.25, 0.3) is 0 Å². The smallest absolute Gasteiger partial charge is 0.306 e. The Morgan fingerprint density at radius 3 is 1.12 bits per heavy atom. The minimum Gasteiger partial charge on any atom is -0.545 e. The summed E-state index contributed by atoms with van der Waals surface area (Å²) in [7, 11) is 5.92. The van der Waals surface area contributed by atoms with E-state index in [2.05, 4.69) is 38.2 Å². The number of carboxylic acids is 1. The first kappa shape index (κ1) is 70.8. The van der Waals surface area contributed by atoms with Gasteiger partial charge in [0.1, 0.15) is 13.2 Å². The van der Waals surface area contributed by atoms with Crippen molar-refractivity contribution in [1.29, 1.82) is 0 Å². The van der Waals surface area contributed by atoms with Gasteiger partial charge in [-0.25, -0.2) is 0 Å². The van der Waals surface area contributed by atoms with Crippen LogP contribution in [0.4, 0.5) is 0 Å². The van der Waals surface area contributed by atoms with Crippen molar-refractivity contribution in [2.24, 2.45) is 0 Å². The molecule has 430 valence electrons. The Labute approximate surface area is 452 Å². The van der Waals surface area contributed by atoms with Crippen LogP contribution in [0.3, 0.4) is 0 Å². The molecule has 0 aliphatic rings. The van der Waals surface area contributed by atoms with Gasteiger partial charge in [0, 0.05) is 12.8 Å². The van der Waals surface area contributed by atoms with Crippen LogP contribution >= 0.6 is 0 Å². The van der Waals surface area contributed by atoms with Gasteiger partial charge in [-0.2, -0.15) is 0 Å². The zero-order valence-electron chi connectivity index (χ0n) is 49.0. The summed E-state index contributed by atoms with van der Waals surface area (Å²) in [6.45, 7) is 4.73. The summed E-state index contributed by atoms with van der Waals surface area (Å²) in [5, 5.41) is 11.8. The molecule has 2 atom stereocenters. The van der Waals surface area contributed by atoms with Gasteiger partial charge in [0.15, 0.2) is 12.4 Å². The maximum atomic E-state index is 12.8. The number of nitrogens with zero attached hydrogens (tertiary/aromatic N) is 1. The lowest BCUT2D eigenvalue weighted by Crippen LogP contribution is -2.44. The quantitative estimate of drug-likeness (QED) is 0.0195. The van der Waals surface area contributed by atoms with Gasteiger partial charge in [-0.15, -0.1) is 0 Å². The van der Waals surface area contributed by atoms with Gasteiger partial charge in [0.2, 0.25) is 0 Å². The molecular weight excluding hydrogens is 911 g/mol. The molecule has 0 aliphatic carbocycles. The molecule has 0 rings (SSSR count). The van der Waals surface area contributed by atoms with Crippen molar-refractivity contribution in [3.8, 4) is 0 Å². The van der Waals surface area contributed by atoms with Crippen molar-refractivity contribution in [3.63, 3.8) is 0 Å². The minimum absolute atomic E-state index is 0.147. The summed E-state index contributed by atoms with van der Waals surface area (Å²) < 4.78 is 22.7. The molecule has 0 N–H and O–H groups in total. The molecule has 0 aromatic carbocycles. The number of carbonyl (C=O) groups is 3. The van der Waals surface area contributed by atoms with E-state index in [9.17, 15) is 19.5 Å². The highest BCUT2D eigenvalue weighted by atomic mass is 16.7. The van der Waals surface area contributed by atoms with E-state index in [-0.39, 0.29) is 32.2 Å². The van der Waals surface area contributed by atoms with E-state index in [4.69, 9.17) is 18.9 Å². The number of carbonyl (C=O) groups excluding carboxylic acids is 3. The molecule has 0 radical (unpaired) electrons. The fourth-order valence-corrected chi connectivity index (χ4v) is 9.32.